The highest BCUT2D eigenvalue weighted by molar-refractivity contribution is 7.13. The third-order valence-electron chi connectivity index (χ3n) is 5.03. The number of carbonyl (C=O) groups excluding carboxylic acids is 1. The van der Waals surface area contributed by atoms with Crippen molar-refractivity contribution >= 4 is 17.2 Å². The van der Waals surface area contributed by atoms with Crippen LogP contribution in [0.25, 0.3) is 10.6 Å². The molecule has 0 spiro atoms. The molecule has 0 radical (unpaired) electrons. The fourth-order valence-electron chi connectivity index (χ4n) is 3.45. The summed E-state index contributed by atoms with van der Waals surface area (Å²) in [7, 11) is 3.20. The fourth-order valence-corrected chi connectivity index (χ4v) is 4.14. The van der Waals surface area contributed by atoms with Crippen LogP contribution < -0.4 is 15.0 Å². The number of thiophene rings is 1. The molecule has 1 aromatic carbocycles. The molecule has 0 aliphatic carbocycles. The summed E-state index contributed by atoms with van der Waals surface area (Å²) in [4.78, 5) is 32.3. The van der Waals surface area contributed by atoms with E-state index in [1.54, 1.807) is 19.1 Å². The van der Waals surface area contributed by atoms with Crippen LogP contribution >= 0.6 is 11.3 Å². The number of hydrogen-bond donors (Lipinski definition) is 0. The van der Waals surface area contributed by atoms with Crippen LogP contribution in [0, 0.1) is 0 Å². The van der Waals surface area contributed by atoms with Gasteiger partial charge in [0.1, 0.15) is 6.54 Å². The van der Waals surface area contributed by atoms with E-state index < -0.39 is 0 Å². The maximum atomic E-state index is 12.8. The van der Waals surface area contributed by atoms with Gasteiger partial charge < -0.3 is 14.4 Å². The van der Waals surface area contributed by atoms with Gasteiger partial charge in [-0.2, -0.15) is 0 Å². The molecule has 0 saturated heterocycles. The molecule has 2 aromatic heterocycles. The summed E-state index contributed by atoms with van der Waals surface area (Å²) in [5, 5.41) is 1.94. The van der Waals surface area contributed by atoms with Gasteiger partial charge >= 0.3 is 0 Å². The summed E-state index contributed by atoms with van der Waals surface area (Å²) in [5.74, 6) is 1.22. The average molecular weight is 411 g/mol. The van der Waals surface area contributed by atoms with Gasteiger partial charge in [-0.15, -0.1) is 11.3 Å². The summed E-state index contributed by atoms with van der Waals surface area (Å²) in [6.45, 7) is 1.04. The van der Waals surface area contributed by atoms with Gasteiger partial charge in [-0.3, -0.25) is 14.2 Å². The van der Waals surface area contributed by atoms with Crippen LogP contribution in [0.5, 0.6) is 11.5 Å². The van der Waals surface area contributed by atoms with Crippen molar-refractivity contribution in [2.24, 2.45) is 0 Å². The van der Waals surface area contributed by atoms with Crippen LogP contribution in [0.4, 0.5) is 0 Å². The SMILES string of the molecule is COc1cc2c(cc1OC)CN(C(=O)Cn1cnc(-c3cccs3)cc1=O)CC2. The van der Waals surface area contributed by atoms with E-state index in [0.717, 1.165) is 22.4 Å². The number of aromatic nitrogens is 2. The minimum Gasteiger partial charge on any atom is -0.493 e. The number of methoxy groups -OCH3 is 2. The van der Waals surface area contributed by atoms with Gasteiger partial charge in [-0.05, 0) is 41.1 Å². The quantitative estimate of drug-likeness (QED) is 0.645. The van der Waals surface area contributed by atoms with Crippen LogP contribution in [0.2, 0.25) is 0 Å². The van der Waals surface area contributed by atoms with E-state index in [-0.39, 0.29) is 18.0 Å². The zero-order valence-corrected chi connectivity index (χ0v) is 17.1. The lowest BCUT2D eigenvalue weighted by Gasteiger charge is -2.29. The zero-order valence-electron chi connectivity index (χ0n) is 16.3. The zero-order chi connectivity index (χ0) is 20.4. The van der Waals surface area contributed by atoms with E-state index in [1.807, 2.05) is 29.6 Å². The van der Waals surface area contributed by atoms with E-state index in [4.69, 9.17) is 9.47 Å². The predicted molar refractivity (Wildman–Crippen MR) is 110 cm³/mol. The molecule has 3 heterocycles. The Morgan fingerprint density at radius 1 is 1.17 bits per heavy atom. The lowest BCUT2D eigenvalue weighted by molar-refractivity contribution is -0.132. The summed E-state index contributed by atoms with van der Waals surface area (Å²) in [6.07, 6.45) is 2.17. The number of carbonyl (C=O) groups is 1. The maximum absolute atomic E-state index is 12.8. The van der Waals surface area contributed by atoms with Gasteiger partial charge in [0.15, 0.2) is 11.5 Å². The Morgan fingerprint density at radius 2 is 1.93 bits per heavy atom. The van der Waals surface area contributed by atoms with Crippen molar-refractivity contribution in [2.75, 3.05) is 20.8 Å². The Morgan fingerprint density at radius 3 is 2.59 bits per heavy atom. The first-order chi connectivity index (χ1) is 14.1. The van der Waals surface area contributed by atoms with Gasteiger partial charge in [0.2, 0.25) is 5.91 Å². The molecule has 1 amide bonds. The normalized spacial score (nSPS) is 13.1. The number of hydrogen-bond acceptors (Lipinski definition) is 6. The Balaban J connectivity index is 1.49. The Kier molecular flexibility index (Phi) is 5.35. The molecule has 0 unspecified atom stereocenters. The number of rotatable bonds is 5. The van der Waals surface area contributed by atoms with Gasteiger partial charge in [0.05, 0.1) is 31.1 Å². The summed E-state index contributed by atoms with van der Waals surface area (Å²) < 4.78 is 12.1. The first-order valence-corrected chi connectivity index (χ1v) is 10.1. The Hall–Kier alpha value is -3.13. The Labute approximate surface area is 172 Å². The van der Waals surface area contributed by atoms with E-state index in [0.29, 0.717) is 30.3 Å². The van der Waals surface area contributed by atoms with Gasteiger partial charge in [0, 0.05) is 19.2 Å². The highest BCUT2D eigenvalue weighted by Crippen LogP contribution is 2.33. The lowest BCUT2D eigenvalue weighted by Crippen LogP contribution is -2.39. The first-order valence-electron chi connectivity index (χ1n) is 9.21. The molecule has 0 bridgehead atoms. The number of amides is 1. The number of benzene rings is 1. The van der Waals surface area contributed by atoms with Crippen molar-refractivity contribution in [1.29, 1.82) is 0 Å². The smallest absolute Gasteiger partial charge is 0.254 e. The van der Waals surface area contributed by atoms with E-state index in [2.05, 4.69) is 4.98 Å². The standard InChI is InChI=1S/C21H21N3O4S/c1-27-17-8-14-5-6-23(11-15(14)9-18(17)28-2)21(26)12-24-13-22-16(10-20(24)25)19-4-3-7-29-19/h3-4,7-10,13H,5-6,11-12H2,1-2H3. The van der Waals surface area contributed by atoms with Gasteiger partial charge in [-0.1, -0.05) is 6.07 Å². The molecule has 150 valence electrons. The van der Waals surface area contributed by atoms with Crippen molar-refractivity contribution in [3.63, 3.8) is 0 Å². The monoisotopic (exact) mass is 411 g/mol. The second kappa shape index (κ2) is 8.08. The molecule has 0 N–H and O–H groups in total. The minimum absolute atomic E-state index is 0.0286. The second-order valence-electron chi connectivity index (χ2n) is 6.76. The number of nitrogens with zero attached hydrogens (tertiary/aromatic N) is 3. The minimum atomic E-state index is -0.236. The molecule has 0 fully saturated rings. The molecule has 29 heavy (non-hydrogen) atoms. The van der Waals surface area contributed by atoms with Crippen LogP contribution in [-0.2, 0) is 24.3 Å². The van der Waals surface area contributed by atoms with Gasteiger partial charge in [-0.25, -0.2) is 4.98 Å². The molecule has 0 saturated carbocycles. The predicted octanol–water partition coefficient (Wildman–Crippen LogP) is 2.57. The number of fused-ring (bicyclic) bond motifs is 1. The molecular weight excluding hydrogens is 390 g/mol. The third-order valence-corrected chi connectivity index (χ3v) is 5.92. The lowest BCUT2D eigenvalue weighted by atomic mass is 9.98. The second-order valence-corrected chi connectivity index (χ2v) is 7.71. The molecule has 0 atom stereocenters. The summed E-state index contributed by atoms with van der Waals surface area (Å²) in [5.41, 5.74) is 2.56. The molecule has 1 aliphatic rings. The highest BCUT2D eigenvalue weighted by atomic mass is 32.1. The third kappa shape index (κ3) is 3.88. The van der Waals surface area contributed by atoms with E-state index in [9.17, 15) is 9.59 Å². The van der Waals surface area contributed by atoms with Crippen molar-refractivity contribution in [1.82, 2.24) is 14.5 Å². The van der Waals surface area contributed by atoms with Crippen molar-refractivity contribution in [3.05, 3.63) is 63.5 Å². The average Bonchev–Trinajstić information content (AvgIpc) is 3.28. The summed E-state index contributed by atoms with van der Waals surface area (Å²) >= 11 is 1.52. The molecular formula is C21H21N3O4S. The first kappa shape index (κ1) is 19.2. The molecule has 7 nitrogen and oxygen atoms in total. The van der Waals surface area contributed by atoms with Crippen molar-refractivity contribution in [3.8, 4) is 22.1 Å². The molecule has 1 aliphatic heterocycles. The van der Waals surface area contributed by atoms with Crippen LogP contribution in [-0.4, -0.2) is 41.1 Å². The van der Waals surface area contributed by atoms with E-state index >= 15 is 0 Å². The summed E-state index contributed by atoms with van der Waals surface area (Å²) in [6, 6.07) is 9.18. The van der Waals surface area contributed by atoms with E-state index in [1.165, 1.54) is 28.3 Å². The van der Waals surface area contributed by atoms with Crippen molar-refractivity contribution in [2.45, 2.75) is 19.5 Å². The largest absolute Gasteiger partial charge is 0.493 e. The topological polar surface area (TPSA) is 73.7 Å². The Bertz CT molecular complexity index is 1090. The van der Waals surface area contributed by atoms with Crippen molar-refractivity contribution < 1.29 is 14.3 Å². The van der Waals surface area contributed by atoms with Crippen LogP contribution in [0.15, 0.2) is 46.8 Å². The molecule has 3 aromatic rings. The number of ether oxygens (including phenoxy) is 2. The van der Waals surface area contributed by atoms with Gasteiger partial charge in [0.25, 0.3) is 5.56 Å². The van der Waals surface area contributed by atoms with Crippen LogP contribution in [0.1, 0.15) is 11.1 Å². The highest BCUT2D eigenvalue weighted by Gasteiger charge is 2.23. The van der Waals surface area contributed by atoms with Crippen LogP contribution in [0.3, 0.4) is 0 Å². The maximum Gasteiger partial charge on any atom is 0.254 e. The molecule has 4 rings (SSSR count). The molecule has 8 heteroatoms. The fraction of sp³-hybridized carbons (Fsp3) is 0.286.